The topological polar surface area (TPSA) is 49.8 Å². The van der Waals surface area contributed by atoms with E-state index in [1.165, 1.54) is 12.8 Å². The van der Waals surface area contributed by atoms with E-state index in [1.807, 2.05) is 14.0 Å². The second-order valence-corrected chi connectivity index (χ2v) is 4.73. The van der Waals surface area contributed by atoms with E-state index in [-0.39, 0.29) is 0 Å². The lowest BCUT2D eigenvalue weighted by Gasteiger charge is -2.15. The Hall–Kier alpha value is -1.32. The standard InChI is InChI=1S/C12H20N4/c1-7(2)14-11-8(3)10(13-4)15-12(16-11)9-5-6-9/h7,9H,5-6H2,1-4H3,(H2,13,14,15,16). The number of nitrogens with one attached hydrogen (secondary N) is 2. The van der Waals surface area contributed by atoms with Gasteiger partial charge in [-0.05, 0) is 33.6 Å². The molecule has 2 N–H and O–H groups in total. The van der Waals surface area contributed by atoms with Crippen LogP contribution in [0.2, 0.25) is 0 Å². The summed E-state index contributed by atoms with van der Waals surface area (Å²) >= 11 is 0. The fourth-order valence-electron chi connectivity index (χ4n) is 1.72. The largest absolute Gasteiger partial charge is 0.373 e. The summed E-state index contributed by atoms with van der Waals surface area (Å²) in [6.07, 6.45) is 2.46. The fraction of sp³-hybridized carbons (Fsp3) is 0.667. The minimum atomic E-state index is 0.394. The van der Waals surface area contributed by atoms with Crippen LogP contribution in [0, 0.1) is 6.92 Å². The molecule has 0 amide bonds. The average molecular weight is 220 g/mol. The highest BCUT2D eigenvalue weighted by molar-refractivity contribution is 5.57. The van der Waals surface area contributed by atoms with Gasteiger partial charge in [0.1, 0.15) is 17.5 Å². The summed E-state index contributed by atoms with van der Waals surface area (Å²) in [5, 5.41) is 6.52. The summed E-state index contributed by atoms with van der Waals surface area (Å²) in [5.74, 6) is 3.48. The van der Waals surface area contributed by atoms with Crippen molar-refractivity contribution >= 4 is 11.6 Å². The normalized spacial score (nSPS) is 15.3. The van der Waals surface area contributed by atoms with E-state index in [9.17, 15) is 0 Å². The van der Waals surface area contributed by atoms with Crippen LogP contribution in [0.1, 0.15) is 44.0 Å². The van der Waals surface area contributed by atoms with Crippen LogP contribution in [0.15, 0.2) is 0 Å². The Morgan fingerprint density at radius 1 is 1.19 bits per heavy atom. The molecule has 1 aliphatic carbocycles. The van der Waals surface area contributed by atoms with Crippen LogP contribution in [0.3, 0.4) is 0 Å². The Morgan fingerprint density at radius 2 is 1.81 bits per heavy atom. The molecule has 16 heavy (non-hydrogen) atoms. The van der Waals surface area contributed by atoms with Crippen LogP contribution >= 0.6 is 0 Å². The minimum Gasteiger partial charge on any atom is -0.373 e. The molecule has 0 unspecified atom stereocenters. The Bertz CT molecular complexity index is 383. The first-order chi connectivity index (χ1) is 7.61. The molecule has 1 heterocycles. The van der Waals surface area contributed by atoms with Gasteiger partial charge >= 0.3 is 0 Å². The Morgan fingerprint density at radius 3 is 2.31 bits per heavy atom. The molecule has 0 spiro atoms. The van der Waals surface area contributed by atoms with Crippen molar-refractivity contribution in [3.8, 4) is 0 Å². The SMILES string of the molecule is CNc1nc(C2CC2)nc(NC(C)C)c1C. The second kappa shape index (κ2) is 4.28. The van der Waals surface area contributed by atoms with Crippen molar-refractivity contribution in [2.24, 2.45) is 0 Å². The van der Waals surface area contributed by atoms with Crippen LogP contribution in [0.5, 0.6) is 0 Å². The first kappa shape index (κ1) is 11.2. The highest BCUT2D eigenvalue weighted by atomic mass is 15.1. The quantitative estimate of drug-likeness (QED) is 0.818. The molecule has 4 nitrogen and oxygen atoms in total. The lowest BCUT2D eigenvalue weighted by molar-refractivity contribution is 0.859. The predicted molar refractivity (Wildman–Crippen MR) is 67.0 cm³/mol. The molecule has 4 heteroatoms. The third-order valence-electron chi connectivity index (χ3n) is 2.77. The van der Waals surface area contributed by atoms with E-state index in [0.717, 1.165) is 23.0 Å². The highest BCUT2D eigenvalue weighted by Crippen LogP contribution is 2.39. The van der Waals surface area contributed by atoms with Crippen LogP contribution in [0.4, 0.5) is 11.6 Å². The van der Waals surface area contributed by atoms with Gasteiger partial charge in [-0.3, -0.25) is 0 Å². The highest BCUT2D eigenvalue weighted by Gasteiger charge is 2.28. The summed E-state index contributed by atoms with van der Waals surface area (Å²) in [5.41, 5.74) is 1.10. The lowest BCUT2D eigenvalue weighted by atomic mass is 10.2. The van der Waals surface area contributed by atoms with Crippen LogP contribution < -0.4 is 10.6 Å². The molecule has 0 atom stereocenters. The van der Waals surface area contributed by atoms with Gasteiger partial charge in [-0.2, -0.15) is 0 Å². The smallest absolute Gasteiger partial charge is 0.136 e. The molecule has 0 saturated heterocycles. The van der Waals surface area contributed by atoms with E-state index in [2.05, 4.69) is 34.4 Å². The monoisotopic (exact) mass is 220 g/mol. The third kappa shape index (κ3) is 2.26. The maximum absolute atomic E-state index is 4.62. The number of hydrogen-bond donors (Lipinski definition) is 2. The van der Waals surface area contributed by atoms with Gasteiger partial charge in [0.25, 0.3) is 0 Å². The predicted octanol–water partition coefficient (Wildman–Crippen LogP) is 2.52. The Balaban J connectivity index is 2.36. The lowest BCUT2D eigenvalue weighted by Crippen LogP contribution is -2.15. The minimum absolute atomic E-state index is 0.394. The van der Waals surface area contributed by atoms with Gasteiger partial charge in [0.15, 0.2) is 0 Å². The van der Waals surface area contributed by atoms with Crippen molar-refractivity contribution in [2.75, 3.05) is 17.7 Å². The summed E-state index contributed by atoms with van der Waals surface area (Å²) in [6, 6.07) is 0.394. The second-order valence-electron chi connectivity index (χ2n) is 4.73. The van der Waals surface area contributed by atoms with Crippen molar-refractivity contribution in [2.45, 2.75) is 45.6 Å². The molecular formula is C12H20N4. The third-order valence-corrected chi connectivity index (χ3v) is 2.77. The first-order valence-corrected chi connectivity index (χ1v) is 5.94. The van der Waals surface area contributed by atoms with Gasteiger partial charge in [-0.25, -0.2) is 9.97 Å². The van der Waals surface area contributed by atoms with Gasteiger partial charge in [0, 0.05) is 24.6 Å². The molecular weight excluding hydrogens is 200 g/mol. The summed E-state index contributed by atoms with van der Waals surface area (Å²) in [7, 11) is 1.91. The van der Waals surface area contributed by atoms with Gasteiger partial charge in [0.05, 0.1) is 0 Å². The molecule has 88 valence electrons. The molecule has 0 bridgehead atoms. The molecule has 0 aromatic carbocycles. The van der Waals surface area contributed by atoms with E-state index < -0.39 is 0 Å². The molecule has 1 aromatic rings. The van der Waals surface area contributed by atoms with Crippen molar-refractivity contribution in [1.82, 2.24) is 9.97 Å². The number of rotatable bonds is 4. The van der Waals surface area contributed by atoms with Gasteiger partial charge in [0.2, 0.25) is 0 Å². The maximum atomic E-state index is 4.62. The van der Waals surface area contributed by atoms with Gasteiger partial charge in [-0.1, -0.05) is 0 Å². The van der Waals surface area contributed by atoms with Crippen molar-refractivity contribution in [3.63, 3.8) is 0 Å². The van der Waals surface area contributed by atoms with E-state index in [1.54, 1.807) is 0 Å². The molecule has 0 radical (unpaired) electrons. The fourth-order valence-corrected chi connectivity index (χ4v) is 1.72. The Kier molecular flexibility index (Phi) is 2.99. The zero-order chi connectivity index (χ0) is 11.7. The zero-order valence-corrected chi connectivity index (χ0v) is 10.5. The first-order valence-electron chi connectivity index (χ1n) is 5.94. The summed E-state index contributed by atoms with van der Waals surface area (Å²) < 4.78 is 0. The molecule has 1 fully saturated rings. The van der Waals surface area contributed by atoms with Crippen molar-refractivity contribution in [3.05, 3.63) is 11.4 Å². The maximum Gasteiger partial charge on any atom is 0.136 e. The van der Waals surface area contributed by atoms with Crippen molar-refractivity contribution in [1.29, 1.82) is 0 Å². The molecule has 0 aliphatic heterocycles. The zero-order valence-electron chi connectivity index (χ0n) is 10.5. The number of nitrogens with zero attached hydrogens (tertiary/aromatic N) is 2. The van der Waals surface area contributed by atoms with Crippen LogP contribution in [-0.2, 0) is 0 Å². The molecule has 2 rings (SSSR count). The van der Waals surface area contributed by atoms with E-state index in [0.29, 0.717) is 12.0 Å². The molecule has 1 saturated carbocycles. The Labute approximate surface area is 96.9 Å². The average Bonchev–Trinajstić information content (AvgIpc) is 3.04. The van der Waals surface area contributed by atoms with Crippen molar-refractivity contribution < 1.29 is 0 Å². The van der Waals surface area contributed by atoms with Crippen LogP contribution in [-0.4, -0.2) is 23.1 Å². The summed E-state index contributed by atoms with van der Waals surface area (Å²) in [6.45, 7) is 6.29. The van der Waals surface area contributed by atoms with Gasteiger partial charge in [-0.15, -0.1) is 0 Å². The molecule has 1 aromatic heterocycles. The molecule has 1 aliphatic rings. The van der Waals surface area contributed by atoms with Crippen LogP contribution in [0.25, 0.3) is 0 Å². The number of aromatic nitrogens is 2. The number of anilines is 2. The summed E-state index contributed by atoms with van der Waals surface area (Å²) in [4.78, 5) is 9.18. The van der Waals surface area contributed by atoms with E-state index >= 15 is 0 Å². The number of hydrogen-bond acceptors (Lipinski definition) is 4. The van der Waals surface area contributed by atoms with E-state index in [4.69, 9.17) is 0 Å². The van der Waals surface area contributed by atoms with Gasteiger partial charge < -0.3 is 10.6 Å².